The van der Waals surface area contributed by atoms with E-state index in [4.69, 9.17) is 0 Å². The highest BCUT2D eigenvalue weighted by Gasteiger charge is 2.29. The van der Waals surface area contributed by atoms with Crippen LogP contribution in [0, 0.1) is 5.92 Å². The van der Waals surface area contributed by atoms with Crippen molar-refractivity contribution in [2.24, 2.45) is 5.92 Å². The fourth-order valence-electron chi connectivity index (χ4n) is 2.96. The Bertz CT molecular complexity index is 650. The van der Waals surface area contributed by atoms with Gasteiger partial charge >= 0.3 is 5.97 Å². The summed E-state index contributed by atoms with van der Waals surface area (Å²) in [6, 6.07) is 8.07. The van der Waals surface area contributed by atoms with E-state index in [0.717, 1.165) is 23.5 Å². The maximum Gasteiger partial charge on any atom is 0.308 e. The number of aryl methyl sites for hydroxylation is 1. The van der Waals surface area contributed by atoms with Crippen LogP contribution < -0.4 is 4.90 Å². The Balaban J connectivity index is 1.91. The van der Waals surface area contributed by atoms with Crippen LogP contribution in [0.25, 0.3) is 0 Å². The van der Waals surface area contributed by atoms with Gasteiger partial charge < -0.3 is 14.6 Å². The van der Waals surface area contributed by atoms with Crippen molar-refractivity contribution in [3.05, 3.63) is 48.0 Å². The molecule has 1 atom stereocenters. The van der Waals surface area contributed by atoms with Gasteiger partial charge in [0, 0.05) is 25.0 Å². The zero-order chi connectivity index (χ0) is 14.8. The second kappa shape index (κ2) is 5.60. The number of hydrogen-bond acceptors (Lipinski definition) is 3. The number of carbonyl (C=O) groups is 1. The van der Waals surface area contributed by atoms with Crippen LogP contribution in [0.2, 0.25) is 0 Å². The summed E-state index contributed by atoms with van der Waals surface area (Å²) >= 11 is 0. The molecule has 1 unspecified atom stereocenters. The quantitative estimate of drug-likeness (QED) is 0.935. The highest BCUT2D eigenvalue weighted by molar-refractivity contribution is 5.73. The van der Waals surface area contributed by atoms with Crippen LogP contribution >= 0.6 is 0 Å². The summed E-state index contributed by atoms with van der Waals surface area (Å²) in [4.78, 5) is 17.7. The zero-order valence-electron chi connectivity index (χ0n) is 12.1. The van der Waals surface area contributed by atoms with Gasteiger partial charge in [0.2, 0.25) is 0 Å². The van der Waals surface area contributed by atoms with Gasteiger partial charge in [-0.25, -0.2) is 4.98 Å². The number of aromatic nitrogens is 2. The third kappa shape index (κ3) is 2.63. The number of carboxylic acids is 1. The van der Waals surface area contributed by atoms with E-state index in [0.29, 0.717) is 19.5 Å². The van der Waals surface area contributed by atoms with Gasteiger partial charge in [0.05, 0.1) is 24.5 Å². The molecule has 1 aromatic carbocycles. The van der Waals surface area contributed by atoms with Gasteiger partial charge in [0.25, 0.3) is 0 Å². The number of anilines is 1. The van der Waals surface area contributed by atoms with Crippen molar-refractivity contribution in [2.45, 2.75) is 26.4 Å². The van der Waals surface area contributed by atoms with Crippen LogP contribution in [0.1, 0.15) is 18.2 Å². The molecule has 110 valence electrons. The molecule has 5 heteroatoms. The van der Waals surface area contributed by atoms with E-state index in [2.05, 4.69) is 27.4 Å². The number of hydrogen-bond donors (Lipinski definition) is 1. The average Bonchev–Trinajstić information content (AvgIpc) is 2.94. The number of fused-ring (bicyclic) bond motifs is 1. The lowest BCUT2D eigenvalue weighted by Crippen LogP contribution is -2.38. The van der Waals surface area contributed by atoms with Crippen molar-refractivity contribution in [1.82, 2.24) is 9.55 Å². The van der Waals surface area contributed by atoms with Crippen molar-refractivity contribution >= 4 is 11.7 Å². The molecule has 21 heavy (non-hydrogen) atoms. The molecule has 3 rings (SSSR count). The van der Waals surface area contributed by atoms with Crippen molar-refractivity contribution < 1.29 is 9.90 Å². The molecule has 0 saturated carbocycles. The first kappa shape index (κ1) is 13.7. The molecule has 0 aliphatic carbocycles. The maximum atomic E-state index is 11.4. The van der Waals surface area contributed by atoms with E-state index in [1.165, 1.54) is 0 Å². The standard InChI is InChI=1S/C16H19N3O2/c1-2-18-11-17-8-14(18)10-19-9-13(16(20)21)7-12-5-3-4-6-15(12)19/h3-6,8,11,13H,2,7,9-10H2,1H3,(H,20,21). The van der Waals surface area contributed by atoms with E-state index in [1.54, 1.807) is 0 Å². The van der Waals surface area contributed by atoms with Gasteiger partial charge in [-0.1, -0.05) is 18.2 Å². The fraction of sp³-hybridized carbons (Fsp3) is 0.375. The van der Waals surface area contributed by atoms with Crippen molar-refractivity contribution in [1.29, 1.82) is 0 Å². The lowest BCUT2D eigenvalue weighted by molar-refractivity contribution is -0.141. The Kier molecular flexibility index (Phi) is 3.64. The van der Waals surface area contributed by atoms with Crippen LogP contribution in [0.4, 0.5) is 5.69 Å². The number of para-hydroxylation sites is 1. The first-order valence-corrected chi connectivity index (χ1v) is 7.23. The summed E-state index contributed by atoms with van der Waals surface area (Å²) in [5, 5.41) is 9.36. The van der Waals surface area contributed by atoms with Gasteiger partial charge in [-0.15, -0.1) is 0 Å². The molecule has 0 radical (unpaired) electrons. The highest BCUT2D eigenvalue weighted by atomic mass is 16.4. The van der Waals surface area contributed by atoms with Gasteiger partial charge in [0.15, 0.2) is 0 Å². The lowest BCUT2D eigenvalue weighted by Gasteiger charge is -2.34. The van der Waals surface area contributed by atoms with E-state index >= 15 is 0 Å². The average molecular weight is 285 g/mol. The largest absolute Gasteiger partial charge is 0.481 e. The molecule has 0 bridgehead atoms. The van der Waals surface area contributed by atoms with Crippen molar-refractivity contribution in [2.75, 3.05) is 11.4 Å². The molecule has 2 heterocycles. The van der Waals surface area contributed by atoms with E-state index < -0.39 is 5.97 Å². The summed E-state index contributed by atoms with van der Waals surface area (Å²) in [6.07, 6.45) is 4.28. The molecular formula is C16H19N3O2. The van der Waals surface area contributed by atoms with Gasteiger partial charge in [-0.2, -0.15) is 0 Å². The molecule has 1 aliphatic heterocycles. The topological polar surface area (TPSA) is 58.4 Å². The summed E-state index contributed by atoms with van der Waals surface area (Å²) in [5.74, 6) is -1.07. The Morgan fingerprint density at radius 1 is 1.43 bits per heavy atom. The number of nitrogens with zero attached hydrogens (tertiary/aromatic N) is 3. The molecule has 0 amide bonds. The highest BCUT2D eigenvalue weighted by Crippen LogP contribution is 2.30. The number of benzene rings is 1. The lowest BCUT2D eigenvalue weighted by atomic mass is 9.92. The van der Waals surface area contributed by atoms with Gasteiger partial charge in [-0.3, -0.25) is 4.79 Å². The first-order chi connectivity index (χ1) is 10.2. The Morgan fingerprint density at radius 3 is 3.00 bits per heavy atom. The molecule has 1 N–H and O–H groups in total. The first-order valence-electron chi connectivity index (χ1n) is 7.23. The number of carboxylic acid groups (broad SMARTS) is 1. The predicted octanol–water partition coefficient (Wildman–Crippen LogP) is 2.17. The molecule has 2 aromatic rings. The predicted molar refractivity (Wildman–Crippen MR) is 80.2 cm³/mol. The minimum atomic E-state index is -0.724. The summed E-state index contributed by atoms with van der Waals surface area (Å²) < 4.78 is 2.09. The van der Waals surface area contributed by atoms with E-state index in [1.807, 2.05) is 30.7 Å². The van der Waals surface area contributed by atoms with Crippen molar-refractivity contribution in [3.63, 3.8) is 0 Å². The number of aliphatic carboxylic acids is 1. The zero-order valence-corrected chi connectivity index (χ0v) is 12.1. The SMILES string of the molecule is CCn1cncc1CN1CC(C(=O)O)Cc2ccccc21. The molecule has 1 aliphatic rings. The van der Waals surface area contributed by atoms with Crippen LogP contribution in [0.5, 0.6) is 0 Å². The smallest absolute Gasteiger partial charge is 0.308 e. The fourth-order valence-corrected chi connectivity index (χ4v) is 2.96. The van der Waals surface area contributed by atoms with Crippen LogP contribution in [0.15, 0.2) is 36.8 Å². The van der Waals surface area contributed by atoms with Crippen molar-refractivity contribution in [3.8, 4) is 0 Å². The minimum absolute atomic E-state index is 0.349. The summed E-state index contributed by atoms with van der Waals surface area (Å²) in [6.45, 7) is 4.18. The Morgan fingerprint density at radius 2 is 2.24 bits per heavy atom. The summed E-state index contributed by atoms with van der Waals surface area (Å²) in [5.41, 5.74) is 3.36. The molecule has 0 fully saturated rings. The molecule has 0 saturated heterocycles. The second-order valence-corrected chi connectivity index (χ2v) is 5.42. The molecular weight excluding hydrogens is 266 g/mol. The molecule has 0 spiro atoms. The molecule has 5 nitrogen and oxygen atoms in total. The number of rotatable bonds is 4. The number of imidazole rings is 1. The van der Waals surface area contributed by atoms with Gasteiger partial charge in [0.1, 0.15) is 0 Å². The molecule has 1 aromatic heterocycles. The second-order valence-electron chi connectivity index (χ2n) is 5.42. The normalized spacial score (nSPS) is 17.6. The minimum Gasteiger partial charge on any atom is -0.481 e. The van der Waals surface area contributed by atoms with Gasteiger partial charge in [-0.05, 0) is 25.0 Å². The third-order valence-corrected chi connectivity index (χ3v) is 4.08. The van der Waals surface area contributed by atoms with Crippen LogP contribution in [-0.4, -0.2) is 27.2 Å². The summed E-state index contributed by atoms with van der Waals surface area (Å²) in [7, 11) is 0. The van der Waals surface area contributed by atoms with E-state index in [9.17, 15) is 9.90 Å². The van der Waals surface area contributed by atoms with E-state index in [-0.39, 0.29) is 5.92 Å². The Hall–Kier alpha value is -2.30. The third-order valence-electron chi connectivity index (χ3n) is 4.08. The maximum absolute atomic E-state index is 11.4. The van der Waals surface area contributed by atoms with Crippen LogP contribution in [0.3, 0.4) is 0 Å². The van der Waals surface area contributed by atoms with Crippen LogP contribution in [-0.2, 0) is 24.3 Å². The Labute approximate surface area is 123 Å². The monoisotopic (exact) mass is 285 g/mol.